The highest BCUT2D eigenvalue weighted by molar-refractivity contribution is 8.14. The highest BCUT2D eigenvalue weighted by Crippen LogP contribution is 2.70. The third-order valence-corrected chi connectivity index (χ3v) is 9.31. The summed E-state index contributed by atoms with van der Waals surface area (Å²) in [5.41, 5.74) is -4.91. The van der Waals surface area contributed by atoms with Crippen LogP contribution in [0.5, 0.6) is 0 Å². The summed E-state index contributed by atoms with van der Waals surface area (Å²) in [6, 6.07) is 0. The Balaban J connectivity index is 1.82. The van der Waals surface area contributed by atoms with E-state index in [2.05, 4.69) is 6.58 Å². The smallest absolute Gasteiger partial charge is 0.226 e. The molecule has 7 heteroatoms. The van der Waals surface area contributed by atoms with Gasteiger partial charge in [-0.15, -0.1) is 11.6 Å². The first kappa shape index (κ1) is 21.3. The van der Waals surface area contributed by atoms with Crippen LogP contribution < -0.4 is 0 Å². The number of aliphatic hydroxyl groups is 2. The van der Waals surface area contributed by atoms with Crippen molar-refractivity contribution in [1.82, 2.24) is 0 Å². The van der Waals surface area contributed by atoms with Gasteiger partial charge < -0.3 is 10.2 Å². The van der Waals surface area contributed by atoms with Crippen LogP contribution in [0.2, 0.25) is 0 Å². The molecule has 4 nitrogen and oxygen atoms in total. The summed E-state index contributed by atoms with van der Waals surface area (Å²) < 4.78 is 16.9. The lowest BCUT2D eigenvalue weighted by molar-refractivity contribution is -0.212. The lowest BCUT2D eigenvalue weighted by Crippen LogP contribution is -2.68. The first-order valence-corrected chi connectivity index (χ1v) is 11.4. The minimum atomic E-state index is -1.99. The maximum absolute atomic E-state index is 16.9. The first-order valence-electron chi connectivity index (χ1n) is 9.92. The number of hydrogen-bond donors (Lipinski definition) is 2. The molecule has 0 aromatic carbocycles. The van der Waals surface area contributed by atoms with Crippen molar-refractivity contribution in [2.75, 3.05) is 5.21 Å². The lowest BCUT2D eigenvalue weighted by Gasteiger charge is -2.62. The standard InChI is InChI=1S/C22H26ClFO4S/c1-12-8-16-15-5-4-13-9-14(25)6-7-19(13,2)21(15,24)17(26)10-20(16,3)22(12,28)18(27)29-11-23/h6-7,9,15-17,26,28H,1,4-5,8,10-11H2,2-3H3/t15-,16-,17-,19-,20-,21-,22-/m0/s1. The number of thioether (sulfide) groups is 1. The molecule has 0 spiro atoms. The molecule has 3 fully saturated rings. The van der Waals surface area contributed by atoms with Gasteiger partial charge in [0.1, 0.15) is 0 Å². The molecule has 7 atom stereocenters. The Morgan fingerprint density at radius 2 is 2.10 bits per heavy atom. The van der Waals surface area contributed by atoms with Gasteiger partial charge in [0.15, 0.2) is 17.1 Å². The van der Waals surface area contributed by atoms with Gasteiger partial charge in [-0.05, 0) is 56.3 Å². The summed E-state index contributed by atoms with van der Waals surface area (Å²) in [6.45, 7) is 7.48. The third-order valence-electron chi connectivity index (χ3n) is 8.32. The molecule has 0 heterocycles. The van der Waals surface area contributed by atoms with Crippen molar-refractivity contribution in [3.63, 3.8) is 0 Å². The third kappa shape index (κ3) is 2.40. The van der Waals surface area contributed by atoms with Crippen LogP contribution >= 0.6 is 23.4 Å². The molecular formula is C22H26ClFO4S. The van der Waals surface area contributed by atoms with Crippen molar-refractivity contribution in [2.24, 2.45) is 22.7 Å². The van der Waals surface area contributed by atoms with Crippen LogP contribution in [0.1, 0.15) is 39.5 Å². The van der Waals surface area contributed by atoms with Crippen molar-refractivity contribution < 1.29 is 24.2 Å². The maximum atomic E-state index is 16.9. The first-order chi connectivity index (χ1) is 13.5. The normalized spacial score (nSPS) is 48.6. The predicted molar refractivity (Wildman–Crippen MR) is 111 cm³/mol. The Hall–Kier alpha value is -0.950. The molecule has 0 aliphatic heterocycles. The van der Waals surface area contributed by atoms with Crippen LogP contribution in [0, 0.1) is 22.7 Å². The van der Waals surface area contributed by atoms with Crippen LogP contribution in [0.4, 0.5) is 4.39 Å². The van der Waals surface area contributed by atoms with Crippen LogP contribution in [0.15, 0.2) is 36.0 Å². The number of rotatable bonds is 2. The molecule has 158 valence electrons. The van der Waals surface area contributed by atoms with Crippen LogP contribution in [-0.4, -0.2) is 43.7 Å². The molecule has 0 radical (unpaired) electrons. The number of alkyl halides is 2. The molecule has 29 heavy (non-hydrogen) atoms. The highest BCUT2D eigenvalue weighted by Gasteiger charge is 2.75. The van der Waals surface area contributed by atoms with Crippen LogP contribution in [0.3, 0.4) is 0 Å². The van der Waals surface area contributed by atoms with E-state index in [0.717, 1.165) is 11.8 Å². The minimum Gasteiger partial charge on any atom is -0.390 e. The van der Waals surface area contributed by atoms with Gasteiger partial charge >= 0.3 is 0 Å². The Kier molecular flexibility index (Phi) is 4.79. The van der Waals surface area contributed by atoms with E-state index in [9.17, 15) is 19.8 Å². The predicted octanol–water partition coefficient (Wildman–Crippen LogP) is 3.71. The summed E-state index contributed by atoms with van der Waals surface area (Å²) in [5, 5.41) is 22.2. The minimum absolute atomic E-state index is 0.000744. The fourth-order valence-corrected chi connectivity index (χ4v) is 7.69. The molecule has 0 aromatic rings. The second-order valence-electron chi connectivity index (χ2n) is 9.32. The van der Waals surface area contributed by atoms with E-state index in [1.54, 1.807) is 19.9 Å². The number of aliphatic hydroxyl groups excluding tert-OH is 1. The van der Waals surface area contributed by atoms with Gasteiger partial charge in [-0.3, -0.25) is 9.59 Å². The summed E-state index contributed by atoms with van der Waals surface area (Å²) in [6.07, 6.45) is 4.29. The average molecular weight is 441 g/mol. The van der Waals surface area contributed by atoms with E-state index in [-0.39, 0.29) is 23.3 Å². The molecule has 3 saturated carbocycles. The zero-order valence-electron chi connectivity index (χ0n) is 16.6. The van der Waals surface area contributed by atoms with Crippen molar-refractivity contribution in [2.45, 2.75) is 56.9 Å². The second kappa shape index (κ2) is 6.52. The number of allylic oxidation sites excluding steroid dienone is 4. The van der Waals surface area contributed by atoms with Crippen molar-refractivity contribution >= 4 is 34.3 Å². The Labute approximate surface area is 179 Å². The maximum Gasteiger partial charge on any atom is 0.226 e. The number of halogens is 2. The second-order valence-corrected chi connectivity index (χ2v) is 10.9. The van der Waals surface area contributed by atoms with E-state index < -0.39 is 39.2 Å². The average Bonchev–Trinajstić information content (AvgIpc) is 2.85. The van der Waals surface area contributed by atoms with E-state index in [1.165, 1.54) is 12.2 Å². The quantitative estimate of drug-likeness (QED) is 0.505. The van der Waals surface area contributed by atoms with Gasteiger partial charge in [-0.25, -0.2) is 4.39 Å². The fourth-order valence-electron chi connectivity index (χ4n) is 6.70. The van der Waals surface area contributed by atoms with Gasteiger partial charge in [0.05, 0.1) is 11.3 Å². The molecule has 4 aliphatic carbocycles. The molecule has 0 saturated heterocycles. The molecule has 0 unspecified atom stereocenters. The summed E-state index contributed by atoms with van der Waals surface area (Å²) >= 11 is 6.54. The Bertz CT molecular complexity index is 871. The monoisotopic (exact) mass is 440 g/mol. The molecule has 4 rings (SSSR count). The molecule has 2 N–H and O–H groups in total. The molecule has 4 aliphatic rings. The SMILES string of the molecule is C=C1C[C@H]2[C@@H]3CCC4=CC(=O)C=C[C@]4(C)[C@@]3(F)[C@@H](O)C[C@]2(C)[C@@]1(O)C(=O)SCCl. The van der Waals surface area contributed by atoms with Crippen molar-refractivity contribution in [3.8, 4) is 0 Å². The van der Waals surface area contributed by atoms with Gasteiger partial charge in [0, 0.05) is 16.7 Å². The molecular weight excluding hydrogens is 415 g/mol. The number of hydrogen-bond acceptors (Lipinski definition) is 5. The van der Waals surface area contributed by atoms with Crippen molar-refractivity contribution in [3.05, 3.63) is 36.0 Å². The van der Waals surface area contributed by atoms with Gasteiger partial charge in [-0.2, -0.15) is 0 Å². The van der Waals surface area contributed by atoms with Crippen molar-refractivity contribution in [1.29, 1.82) is 0 Å². The summed E-state index contributed by atoms with van der Waals surface area (Å²) in [5.74, 6) is -1.09. The highest BCUT2D eigenvalue weighted by atomic mass is 35.5. The van der Waals surface area contributed by atoms with E-state index in [0.29, 0.717) is 30.4 Å². The van der Waals surface area contributed by atoms with E-state index in [4.69, 9.17) is 11.6 Å². The molecule has 0 aromatic heterocycles. The van der Waals surface area contributed by atoms with Crippen LogP contribution in [0.25, 0.3) is 0 Å². The number of carbonyl (C=O) groups is 2. The zero-order chi connectivity index (χ0) is 21.4. The molecule has 0 amide bonds. The Morgan fingerprint density at radius 1 is 1.41 bits per heavy atom. The molecule has 0 bridgehead atoms. The van der Waals surface area contributed by atoms with Gasteiger partial charge in [0.2, 0.25) is 5.12 Å². The zero-order valence-corrected chi connectivity index (χ0v) is 18.2. The van der Waals surface area contributed by atoms with Gasteiger partial charge in [0.25, 0.3) is 0 Å². The Morgan fingerprint density at radius 3 is 2.76 bits per heavy atom. The van der Waals surface area contributed by atoms with E-state index in [1.807, 2.05) is 0 Å². The number of carbonyl (C=O) groups excluding carboxylic acids is 2. The fraction of sp³-hybridized carbons (Fsp3) is 0.636. The summed E-state index contributed by atoms with van der Waals surface area (Å²) in [7, 11) is 0. The van der Waals surface area contributed by atoms with Crippen LogP contribution in [-0.2, 0) is 9.59 Å². The van der Waals surface area contributed by atoms with E-state index >= 15 is 4.39 Å². The topological polar surface area (TPSA) is 74.6 Å². The number of ketones is 1. The summed E-state index contributed by atoms with van der Waals surface area (Å²) in [4.78, 5) is 24.7. The number of fused-ring (bicyclic) bond motifs is 5. The lowest BCUT2D eigenvalue weighted by atomic mass is 9.45. The largest absolute Gasteiger partial charge is 0.390 e. The van der Waals surface area contributed by atoms with Gasteiger partial charge in [-0.1, -0.05) is 36.9 Å².